The lowest BCUT2D eigenvalue weighted by Gasteiger charge is -2.20. The van der Waals surface area contributed by atoms with Gasteiger partial charge in [0.2, 0.25) is 0 Å². The fourth-order valence-electron chi connectivity index (χ4n) is 13.1. The number of phosphoric acid groups is 2. The molecular weight excluding hydrogens is 1440 g/mol. The standard InChI is InChI=1S/C86H152N4O18P2/c1-5-9-13-17-21-25-29-33-37-41-45-49-53-57-81(91)101-71-77(107-83(93)59-55-51-47-43-39-35-31-27-23-19-15-11-7-3)73-105-109(97,98)103-67-65-89-85(95)75-61-63-87-79(69-75)80-70-76(62-64-88-80)86(96)90-66-68-104-110(99,100)106-74-78(108-84(94)60-56-52-48-44-40-36-32-28-24-20-16-12-8-4)72-102-82(92)58-54-50-46-42-38-34-30-26-22-18-14-10-6-2/h61-64,69-70,77-78H,5-60,65-68,71-74H2,1-4H3,(H,89,95)(H,90,96)(H,97,98)(H,99,100)/t77-,78-/m1/s1. The molecule has 2 rings (SSSR count). The zero-order valence-corrected chi connectivity index (χ0v) is 70.9. The maximum absolute atomic E-state index is 13.3. The summed E-state index contributed by atoms with van der Waals surface area (Å²) in [5, 5.41) is 5.24. The van der Waals surface area contributed by atoms with Crippen LogP contribution in [0.15, 0.2) is 36.7 Å². The second kappa shape index (κ2) is 70.9. The molecule has 0 aliphatic rings. The Morgan fingerprint density at radius 2 is 0.555 bits per heavy atom. The minimum Gasteiger partial charge on any atom is -0.462 e. The van der Waals surface area contributed by atoms with Crippen LogP contribution >= 0.6 is 15.6 Å². The van der Waals surface area contributed by atoms with Gasteiger partial charge in [-0.1, -0.05) is 336 Å². The number of unbranched alkanes of at least 4 members (excludes halogenated alkanes) is 48. The molecule has 634 valence electrons. The highest BCUT2D eigenvalue weighted by Crippen LogP contribution is 2.44. The highest BCUT2D eigenvalue weighted by molar-refractivity contribution is 7.47. The number of phosphoric ester groups is 2. The quantitative estimate of drug-likeness (QED) is 0.0207. The molecule has 2 unspecified atom stereocenters. The van der Waals surface area contributed by atoms with Crippen molar-refractivity contribution in [1.29, 1.82) is 0 Å². The van der Waals surface area contributed by atoms with Crippen LogP contribution in [0.2, 0.25) is 0 Å². The van der Waals surface area contributed by atoms with Crippen molar-refractivity contribution in [3.05, 3.63) is 47.8 Å². The number of aromatic nitrogens is 2. The molecule has 0 aliphatic heterocycles. The zero-order chi connectivity index (χ0) is 79.9. The summed E-state index contributed by atoms with van der Waals surface area (Å²) >= 11 is 0. The lowest BCUT2D eigenvalue weighted by molar-refractivity contribution is -0.161. The molecular formula is C86H152N4O18P2. The summed E-state index contributed by atoms with van der Waals surface area (Å²) in [5.41, 5.74) is 0.754. The third kappa shape index (κ3) is 60.9. The van der Waals surface area contributed by atoms with Gasteiger partial charge in [0.05, 0.1) is 37.8 Å². The first-order valence-corrected chi connectivity index (χ1v) is 46.9. The van der Waals surface area contributed by atoms with E-state index in [0.717, 1.165) is 77.0 Å². The molecule has 2 heterocycles. The first-order chi connectivity index (χ1) is 53.5. The maximum atomic E-state index is 13.3. The number of hydrogen-bond acceptors (Lipinski definition) is 18. The molecule has 0 aromatic carbocycles. The molecule has 0 saturated carbocycles. The van der Waals surface area contributed by atoms with E-state index >= 15 is 0 Å². The Labute approximate surface area is 664 Å². The Bertz CT molecular complexity index is 2550. The fraction of sp³-hybridized carbons (Fsp3) is 0.814. The highest BCUT2D eigenvalue weighted by Gasteiger charge is 2.28. The van der Waals surface area contributed by atoms with Gasteiger partial charge in [0.15, 0.2) is 12.2 Å². The Morgan fingerprint density at radius 1 is 0.327 bits per heavy atom. The summed E-state index contributed by atoms with van der Waals surface area (Å²) in [6.07, 6.45) is 61.5. The third-order valence-electron chi connectivity index (χ3n) is 19.8. The SMILES string of the molecule is CCCCCCCCCCCCCCCC(=O)OC[C@H](COP(=O)(O)OCCNC(=O)c1ccnc(-c2cc(C(=O)NCCOP(=O)(O)OC[C@@H](COC(=O)CCCCCCCCCCCCCCC)OC(=O)CCCCCCCCCCCCCCC)ccn2)c1)OC(=O)CCCCCCCCCCCCCCC. The molecule has 0 bridgehead atoms. The van der Waals surface area contributed by atoms with E-state index < -0.39 is 90.0 Å². The monoisotopic (exact) mass is 1590 g/mol. The molecule has 0 aliphatic carbocycles. The molecule has 22 nitrogen and oxygen atoms in total. The van der Waals surface area contributed by atoms with E-state index in [2.05, 4.69) is 48.3 Å². The number of pyridine rings is 2. The van der Waals surface area contributed by atoms with Crippen LogP contribution in [-0.4, -0.2) is 120 Å². The number of carbonyl (C=O) groups is 6. The predicted molar refractivity (Wildman–Crippen MR) is 439 cm³/mol. The van der Waals surface area contributed by atoms with Gasteiger partial charge < -0.3 is 39.4 Å². The van der Waals surface area contributed by atoms with Gasteiger partial charge in [0, 0.05) is 62.3 Å². The average Bonchev–Trinajstić information content (AvgIpc) is 0.832. The molecule has 110 heavy (non-hydrogen) atoms. The smallest absolute Gasteiger partial charge is 0.462 e. The van der Waals surface area contributed by atoms with Crippen LogP contribution < -0.4 is 10.6 Å². The zero-order valence-electron chi connectivity index (χ0n) is 69.1. The second-order valence-electron chi connectivity index (χ2n) is 30.1. The van der Waals surface area contributed by atoms with Crippen LogP contribution in [0.3, 0.4) is 0 Å². The predicted octanol–water partition coefficient (Wildman–Crippen LogP) is 22.7. The summed E-state index contributed by atoms with van der Waals surface area (Å²) in [4.78, 5) is 108. The normalized spacial score (nSPS) is 13.1. The second-order valence-corrected chi connectivity index (χ2v) is 33.0. The number of carbonyl (C=O) groups excluding carboxylic acids is 6. The summed E-state index contributed by atoms with van der Waals surface area (Å²) in [6.45, 7) is 5.68. The van der Waals surface area contributed by atoms with E-state index in [0.29, 0.717) is 25.7 Å². The Morgan fingerprint density at radius 3 is 0.800 bits per heavy atom. The number of amides is 2. The molecule has 2 aromatic heterocycles. The van der Waals surface area contributed by atoms with Crippen molar-refractivity contribution in [2.24, 2.45) is 0 Å². The summed E-state index contributed by atoms with van der Waals surface area (Å²) in [5.74, 6) is -3.16. The Hall–Kier alpha value is -4.66. The number of ether oxygens (including phenoxy) is 4. The lowest BCUT2D eigenvalue weighted by Crippen LogP contribution is -2.30. The topological polar surface area (TPSA) is 301 Å². The van der Waals surface area contributed by atoms with E-state index in [1.54, 1.807) is 0 Å². The van der Waals surface area contributed by atoms with Gasteiger partial charge >= 0.3 is 39.5 Å². The van der Waals surface area contributed by atoms with Gasteiger partial charge in [0.1, 0.15) is 13.2 Å². The van der Waals surface area contributed by atoms with Gasteiger partial charge in [-0.25, -0.2) is 9.13 Å². The van der Waals surface area contributed by atoms with Gasteiger partial charge in [-0.15, -0.1) is 0 Å². The van der Waals surface area contributed by atoms with E-state index in [4.69, 9.17) is 37.0 Å². The highest BCUT2D eigenvalue weighted by atomic mass is 31.2. The maximum Gasteiger partial charge on any atom is 0.472 e. The molecule has 2 amide bonds. The van der Waals surface area contributed by atoms with Crippen molar-refractivity contribution in [1.82, 2.24) is 20.6 Å². The lowest BCUT2D eigenvalue weighted by atomic mass is 10.0. The van der Waals surface area contributed by atoms with Crippen molar-refractivity contribution in [2.45, 2.75) is 399 Å². The van der Waals surface area contributed by atoms with Crippen molar-refractivity contribution in [3.63, 3.8) is 0 Å². The van der Waals surface area contributed by atoms with E-state index in [1.807, 2.05) is 0 Å². The minimum absolute atomic E-state index is 0.135. The minimum atomic E-state index is -4.77. The van der Waals surface area contributed by atoms with Gasteiger partial charge in [-0.05, 0) is 49.9 Å². The summed E-state index contributed by atoms with van der Waals surface area (Å²) < 4.78 is 69.3. The van der Waals surface area contributed by atoms with Gasteiger partial charge in [-0.2, -0.15) is 0 Å². The Balaban J connectivity index is 1.89. The molecule has 2 aromatic rings. The molecule has 0 radical (unpaired) electrons. The molecule has 0 spiro atoms. The molecule has 0 fully saturated rings. The average molecular weight is 1590 g/mol. The summed E-state index contributed by atoms with van der Waals surface area (Å²) in [6, 6.07) is 5.76. The van der Waals surface area contributed by atoms with Crippen LogP contribution in [0.25, 0.3) is 11.4 Å². The Kier molecular flexibility index (Phi) is 65.4. The molecule has 24 heteroatoms. The van der Waals surface area contributed by atoms with Crippen molar-refractivity contribution < 1.29 is 84.7 Å². The van der Waals surface area contributed by atoms with Crippen molar-refractivity contribution >= 4 is 51.3 Å². The van der Waals surface area contributed by atoms with Crippen LogP contribution in [-0.2, 0) is 65.4 Å². The largest absolute Gasteiger partial charge is 0.472 e. The summed E-state index contributed by atoms with van der Waals surface area (Å²) in [7, 11) is -9.54. The fourth-order valence-corrected chi connectivity index (χ4v) is 14.6. The van der Waals surface area contributed by atoms with Crippen LogP contribution in [0.4, 0.5) is 0 Å². The van der Waals surface area contributed by atoms with Gasteiger partial charge in [0.25, 0.3) is 11.8 Å². The molecule has 4 N–H and O–H groups in total. The van der Waals surface area contributed by atoms with E-state index in [1.165, 1.54) is 268 Å². The van der Waals surface area contributed by atoms with E-state index in [-0.39, 0.29) is 74.5 Å². The number of rotatable bonds is 79. The first-order valence-electron chi connectivity index (χ1n) is 43.9. The van der Waals surface area contributed by atoms with Crippen molar-refractivity contribution in [3.8, 4) is 11.4 Å². The first kappa shape index (κ1) is 101. The number of esters is 4. The molecule has 4 atom stereocenters. The van der Waals surface area contributed by atoms with Crippen LogP contribution in [0.5, 0.6) is 0 Å². The van der Waals surface area contributed by atoms with Crippen LogP contribution in [0.1, 0.15) is 408 Å². The number of nitrogens with one attached hydrogen (secondary N) is 2. The number of hydrogen-bond donors (Lipinski definition) is 4. The van der Waals surface area contributed by atoms with Crippen LogP contribution in [0, 0.1) is 0 Å². The van der Waals surface area contributed by atoms with E-state index in [9.17, 15) is 47.7 Å². The van der Waals surface area contributed by atoms with Crippen molar-refractivity contribution in [2.75, 3.05) is 52.7 Å². The third-order valence-corrected chi connectivity index (χ3v) is 21.8. The van der Waals surface area contributed by atoms with Gasteiger partial charge in [-0.3, -0.25) is 56.8 Å². The molecule has 0 saturated heterocycles. The number of nitrogens with zero attached hydrogens (tertiary/aromatic N) is 2.